The van der Waals surface area contributed by atoms with Gasteiger partial charge in [-0.15, -0.1) is 0 Å². The molecule has 0 aliphatic rings. The van der Waals surface area contributed by atoms with Crippen LogP contribution >= 0.6 is 0 Å². The molecule has 0 atom stereocenters. The van der Waals surface area contributed by atoms with E-state index in [0.717, 1.165) is 16.2 Å². The van der Waals surface area contributed by atoms with Crippen molar-refractivity contribution < 1.29 is 10.2 Å². The van der Waals surface area contributed by atoms with Gasteiger partial charge < -0.3 is 10.2 Å². The van der Waals surface area contributed by atoms with Gasteiger partial charge >= 0.3 is 0 Å². The Morgan fingerprint density at radius 1 is 0.714 bits per heavy atom. The predicted octanol–water partition coefficient (Wildman–Crippen LogP) is 4.87. The maximum Gasteiger partial charge on any atom is 0.165 e. The van der Waals surface area contributed by atoms with Gasteiger partial charge in [0, 0.05) is 5.39 Å². The van der Waals surface area contributed by atoms with E-state index >= 15 is 0 Å². The van der Waals surface area contributed by atoms with Crippen molar-refractivity contribution >= 4 is 32.3 Å². The van der Waals surface area contributed by atoms with Crippen LogP contribution in [-0.4, -0.2) is 10.2 Å². The zero-order chi connectivity index (χ0) is 14.6. The van der Waals surface area contributed by atoms with Gasteiger partial charge in [-0.2, -0.15) is 0 Å². The van der Waals surface area contributed by atoms with Crippen LogP contribution in [0.4, 0.5) is 0 Å². The maximum absolute atomic E-state index is 10.1. The van der Waals surface area contributed by atoms with Crippen LogP contribution in [0.1, 0.15) is 5.56 Å². The van der Waals surface area contributed by atoms with Crippen LogP contribution < -0.4 is 0 Å². The minimum atomic E-state index is -0.0849. The Bertz CT molecular complexity index is 1020. The molecule has 102 valence electrons. The lowest BCUT2D eigenvalue weighted by Gasteiger charge is -2.11. The molecule has 4 rings (SSSR count). The van der Waals surface area contributed by atoms with E-state index < -0.39 is 0 Å². The van der Waals surface area contributed by atoms with E-state index in [2.05, 4.69) is 25.1 Å². The van der Waals surface area contributed by atoms with Gasteiger partial charge in [0.05, 0.1) is 0 Å². The number of aromatic hydroxyl groups is 2. The summed E-state index contributed by atoms with van der Waals surface area (Å²) in [7, 11) is 0. The Labute approximate surface area is 121 Å². The molecule has 0 saturated carbocycles. The highest BCUT2D eigenvalue weighted by atomic mass is 16.3. The third kappa shape index (κ3) is 1.59. The lowest BCUT2D eigenvalue weighted by atomic mass is 9.93. The van der Waals surface area contributed by atoms with Gasteiger partial charge in [-0.3, -0.25) is 0 Å². The molecule has 0 heterocycles. The summed E-state index contributed by atoms with van der Waals surface area (Å²) in [6, 6.07) is 17.7. The van der Waals surface area contributed by atoms with Gasteiger partial charge in [-0.25, -0.2) is 0 Å². The number of aryl methyl sites for hydroxylation is 1. The molecule has 4 aromatic carbocycles. The van der Waals surface area contributed by atoms with E-state index in [1.165, 1.54) is 16.3 Å². The molecule has 0 bridgehead atoms. The van der Waals surface area contributed by atoms with E-state index in [1.54, 1.807) is 6.07 Å². The smallest absolute Gasteiger partial charge is 0.165 e. The SMILES string of the molecule is Cc1cc2ccc3c(O)c(O)ccc3c2c2ccccc12. The average molecular weight is 274 g/mol. The van der Waals surface area contributed by atoms with Crippen LogP contribution in [0, 0.1) is 6.92 Å². The molecule has 0 saturated heterocycles. The van der Waals surface area contributed by atoms with Crippen molar-refractivity contribution in [2.75, 3.05) is 0 Å². The Hall–Kier alpha value is -2.74. The van der Waals surface area contributed by atoms with E-state index in [9.17, 15) is 10.2 Å². The van der Waals surface area contributed by atoms with Crippen LogP contribution in [0.15, 0.2) is 54.6 Å². The third-order valence-electron chi connectivity index (χ3n) is 4.18. The van der Waals surface area contributed by atoms with E-state index in [1.807, 2.05) is 30.3 Å². The van der Waals surface area contributed by atoms with Crippen LogP contribution in [0.3, 0.4) is 0 Å². The van der Waals surface area contributed by atoms with Crippen molar-refractivity contribution in [1.29, 1.82) is 0 Å². The summed E-state index contributed by atoms with van der Waals surface area (Å²) in [4.78, 5) is 0. The molecule has 0 aliphatic carbocycles. The predicted molar refractivity (Wildman–Crippen MR) is 87.0 cm³/mol. The first-order valence-electron chi connectivity index (χ1n) is 6.92. The summed E-state index contributed by atoms with van der Waals surface area (Å²) in [5, 5.41) is 26.1. The average Bonchev–Trinajstić information content (AvgIpc) is 2.51. The first-order chi connectivity index (χ1) is 10.2. The van der Waals surface area contributed by atoms with Gasteiger partial charge in [0.15, 0.2) is 11.5 Å². The van der Waals surface area contributed by atoms with Gasteiger partial charge in [-0.05, 0) is 57.6 Å². The molecule has 21 heavy (non-hydrogen) atoms. The number of fused-ring (bicyclic) bond motifs is 5. The number of phenols is 2. The molecule has 0 aromatic heterocycles. The fraction of sp³-hybridized carbons (Fsp3) is 0.0526. The highest BCUT2D eigenvalue weighted by molar-refractivity contribution is 6.21. The zero-order valence-corrected chi connectivity index (χ0v) is 11.6. The van der Waals surface area contributed by atoms with Gasteiger partial charge in [0.25, 0.3) is 0 Å². The van der Waals surface area contributed by atoms with Crippen LogP contribution in [0.25, 0.3) is 32.3 Å². The Morgan fingerprint density at radius 2 is 1.38 bits per heavy atom. The molecule has 2 heteroatoms. The second kappa shape index (κ2) is 4.13. The van der Waals surface area contributed by atoms with E-state index in [4.69, 9.17) is 0 Å². The number of benzene rings is 4. The maximum atomic E-state index is 10.1. The number of phenolic OH excluding ortho intramolecular Hbond substituents is 2. The van der Waals surface area contributed by atoms with Crippen molar-refractivity contribution in [1.82, 2.24) is 0 Å². The van der Waals surface area contributed by atoms with Gasteiger partial charge in [0.1, 0.15) is 0 Å². The lowest BCUT2D eigenvalue weighted by molar-refractivity contribution is 0.408. The zero-order valence-electron chi connectivity index (χ0n) is 11.6. The normalized spacial score (nSPS) is 11.5. The molecular formula is C19H14O2. The molecule has 4 aromatic rings. The van der Waals surface area contributed by atoms with Crippen LogP contribution in [0.5, 0.6) is 11.5 Å². The van der Waals surface area contributed by atoms with Crippen molar-refractivity contribution in [3.05, 3.63) is 60.2 Å². The summed E-state index contributed by atoms with van der Waals surface area (Å²) < 4.78 is 0. The molecule has 2 nitrogen and oxygen atoms in total. The Balaban J connectivity index is 2.35. The van der Waals surface area contributed by atoms with Gasteiger partial charge in [0.2, 0.25) is 0 Å². The number of rotatable bonds is 0. The minimum absolute atomic E-state index is 0.0564. The fourth-order valence-electron chi connectivity index (χ4n) is 3.17. The summed E-state index contributed by atoms with van der Waals surface area (Å²) in [6.45, 7) is 2.11. The molecule has 0 unspecified atom stereocenters. The lowest BCUT2D eigenvalue weighted by Crippen LogP contribution is -1.85. The van der Waals surface area contributed by atoms with E-state index in [0.29, 0.717) is 5.39 Å². The Kier molecular flexibility index (Phi) is 2.36. The summed E-state index contributed by atoms with van der Waals surface area (Å²) in [5.41, 5.74) is 1.24. The summed E-state index contributed by atoms with van der Waals surface area (Å²) >= 11 is 0. The topological polar surface area (TPSA) is 40.5 Å². The molecule has 0 spiro atoms. The first kappa shape index (κ1) is 12.0. The first-order valence-corrected chi connectivity index (χ1v) is 6.92. The van der Waals surface area contributed by atoms with Gasteiger partial charge in [-0.1, -0.05) is 36.4 Å². The molecule has 0 fully saturated rings. The minimum Gasteiger partial charge on any atom is -0.504 e. The highest BCUT2D eigenvalue weighted by Gasteiger charge is 2.11. The standard InChI is InChI=1S/C19H14O2/c1-11-10-12-6-7-16-15(8-9-17(20)19(16)21)18(12)14-5-3-2-4-13(11)14/h2-10,20-21H,1H3. The number of hydrogen-bond donors (Lipinski definition) is 2. The fourth-order valence-corrected chi connectivity index (χ4v) is 3.17. The van der Waals surface area contributed by atoms with Crippen molar-refractivity contribution in [2.24, 2.45) is 0 Å². The summed E-state index contributed by atoms with van der Waals surface area (Å²) in [6.07, 6.45) is 0. The molecule has 0 amide bonds. The molecule has 0 radical (unpaired) electrons. The van der Waals surface area contributed by atoms with Crippen LogP contribution in [-0.2, 0) is 0 Å². The van der Waals surface area contributed by atoms with Crippen molar-refractivity contribution in [3.8, 4) is 11.5 Å². The van der Waals surface area contributed by atoms with Crippen molar-refractivity contribution in [3.63, 3.8) is 0 Å². The molecule has 2 N–H and O–H groups in total. The Morgan fingerprint density at radius 3 is 2.19 bits per heavy atom. The summed E-state index contributed by atoms with van der Waals surface area (Å²) in [5.74, 6) is -0.141. The van der Waals surface area contributed by atoms with Crippen molar-refractivity contribution in [2.45, 2.75) is 6.92 Å². The highest BCUT2D eigenvalue weighted by Crippen LogP contribution is 2.40. The number of hydrogen-bond acceptors (Lipinski definition) is 2. The molecular weight excluding hydrogens is 260 g/mol. The largest absolute Gasteiger partial charge is 0.504 e. The van der Waals surface area contributed by atoms with E-state index in [-0.39, 0.29) is 11.5 Å². The second-order valence-electron chi connectivity index (χ2n) is 5.43. The quantitative estimate of drug-likeness (QED) is 0.355. The third-order valence-corrected chi connectivity index (χ3v) is 4.18. The second-order valence-corrected chi connectivity index (χ2v) is 5.43. The monoisotopic (exact) mass is 274 g/mol. The van der Waals surface area contributed by atoms with Crippen LogP contribution in [0.2, 0.25) is 0 Å². The molecule has 0 aliphatic heterocycles.